The first-order chi connectivity index (χ1) is 4.62. The van der Waals surface area contributed by atoms with Gasteiger partial charge in [0.15, 0.2) is 0 Å². The average molecular weight is 282 g/mol. The van der Waals surface area contributed by atoms with E-state index in [4.69, 9.17) is 0 Å². The molecule has 0 radical (unpaired) electrons. The van der Waals surface area contributed by atoms with E-state index in [0.29, 0.717) is 6.42 Å². The molecular weight excluding hydrogens is 274 g/mol. The van der Waals surface area contributed by atoms with Gasteiger partial charge in [0.25, 0.3) is 10.1 Å². The molecule has 10 heavy (non-hydrogen) atoms. The Hall–Kier alpha value is 0.570. The van der Waals surface area contributed by atoms with E-state index >= 15 is 0 Å². The Morgan fingerprint density at radius 3 is 2.40 bits per heavy atom. The number of unbranched alkanes of at least 4 members (excludes halogenated alkanes) is 1. The van der Waals surface area contributed by atoms with Crippen LogP contribution in [0.25, 0.3) is 0 Å². The maximum atomic E-state index is 11.4. The van der Waals surface area contributed by atoms with Gasteiger partial charge in [-0.15, -0.1) is 0 Å². The fraction of sp³-hybridized carbons (Fsp3) is 1.00. The lowest BCUT2D eigenvalue weighted by Gasteiger charge is -1.95. The van der Waals surface area contributed by atoms with Crippen LogP contribution in [0.2, 0.25) is 0 Å². The maximum absolute atomic E-state index is 11.4. The molecular formula is C4H8FIO3S. The van der Waals surface area contributed by atoms with Crippen LogP contribution >= 0.6 is 23.0 Å². The Morgan fingerprint density at radius 1 is 1.40 bits per heavy atom. The van der Waals surface area contributed by atoms with E-state index in [2.05, 4.69) is 2.51 Å². The Morgan fingerprint density at radius 2 is 2.00 bits per heavy atom. The Bertz CT molecular complexity index is 167. The van der Waals surface area contributed by atoms with Gasteiger partial charge in [0, 0.05) is 0 Å². The predicted molar refractivity (Wildman–Crippen MR) is 44.1 cm³/mol. The van der Waals surface area contributed by atoms with Gasteiger partial charge >= 0.3 is 0 Å². The minimum Gasteiger partial charge on any atom is -0.251 e. The third-order valence-corrected chi connectivity index (χ3v) is 3.50. The van der Waals surface area contributed by atoms with Gasteiger partial charge in [0.05, 0.1) is 12.4 Å². The van der Waals surface area contributed by atoms with Crippen molar-refractivity contribution in [3.8, 4) is 0 Å². The summed E-state index contributed by atoms with van der Waals surface area (Å²) in [5.41, 5.74) is 0. The Balaban J connectivity index is 3.49. The number of rotatable bonds is 5. The molecule has 0 saturated carbocycles. The van der Waals surface area contributed by atoms with Crippen LogP contribution in [-0.4, -0.2) is 20.8 Å². The minimum absolute atomic E-state index is 0.0974. The number of hydrogen-bond acceptors (Lipinski definition) is 3. The molecule has 0 aliphatic rings. The van der Waals surface area contributed by atoms with Gasteiger partial charge in [-0.05, 0) is 12.8 Å². The van der Waals surface area contributed by atoms with Gasteiger partial charge in [-0.2, -0.15) is 10.9 Å². The average Bonchev–Trinajstić information content (AvgIpc) is 1.89. The highest BCUT2D eigenvalue weighted by Crippen LogP contribution is 2.03. The van der Waals surface area contributed by atoms with Crippen molar-refractivity contribution in [2.45, 2.75) is 12.8 Å². The Kier molecular flexibility index (Phi) is 5.55. The zero-order valence-electron chi connectivity index (χ0n) is 5.22. The molecule has 0 aliphatic carbocycles. The van der Waals surface area contributed by atoms with Crippen molar-refractivity contribution in [2.24, 2.45) is 0 Å². The van der Waals surface area contributed by atoms with Crippen LogP contribution in [0, 0.1) is 0 Å². The second-order valence-corrected chi connectivity index (χ2v) is 4.45. The second kappa shape index (κ2) is 5.25. The molecule has 0 bridgehead atoms. The van der Waals surface area contributed by atoms with Crippen LogP contribution in [0.1, 0.15) is 12.8 Å². The highest BCUT2D eigenvalue weighted by Gasteiger charge is 2.07. The van der Waals surface area contributed by atoms with E-state index in [-0.39, 0.29) is 12.2 Å². The van der Waals surface area contributed by atoms with E-state index in [1.165, 1.54) is 23.0 Å². The summed E-state index contributed by atoms with van der Waals surface area (Å²) in [6.07, 6.45) is 0.598. The first kappa shape index (κ1) is 10.6. The first-order valence-electron chi connectivity index (χ1n) is 2.71. The monoisotopic (exact) mass is 282 g/mol. The zero-order valence-corrected chi connectivity index (χ0v) is 8.19. The Labute approximate surface area is 73.8 Å². The molecule has 62 valence electrons. The normalized spacial score (nSPS) is 11.8. The van der Waals surface area contributed by atoms with E-state index in [1.54, 1.807) is 0 Å². The van der Waals surface area contributed by atoms with Gasteiger partial charge in [-0.3, -0.25) is 4.39 Å². The summed E-state index contributed by atoms with van der Waals surface area (Å²) in [4.78, 5) is 0. The molecule has 0 amide bonds. The van der Waals surface area contributed by atoms with Crippen molar-refractivity contribution in [3.63, 3.8) is 0 Å². The molecule has 0 saturated heterocycles. The molecule has 3 nitrogen and oxygen atoms in total. The molecule has 0 spiro atoms. The molecule has 0 aromatic carbocycles. The molecule has 0 unspecified atom stereocenters. The predicted octanol–water partition coefficient (Wildman–Crippen LogP) is 1.43. The van der Waals surface area contributed by atoms with Crippen molar-refractivity contribution >= 4 is 33.1 Å². The van der Waals surface area contributed by atoms with Crippen LogP contribution in [0.5, 0.6) is 0 Å². The summed E-state index contributed by atoms with van der Waals surface area (Å²) >= 11 is 1.30. The molecule has 0 aromatic heterocycles. The van der Waals surface area contributed by atoms with Gasteiger partial charge in [-0.1, -0.05) is 0 Å². The van der Waals surface area contributed by atoms with E-state index < -0.39 is 16.8 Å². The van der Waals surface area contributed by atoms with Crippen LogP contribution in [0.3, 0.4) is 0 Å². The fourth-order valence-corrected chi connectivity index (χ4v) is 1.56. The second-order valence-electron chi connectivity index (χ2n) is 1.72. The highest BCUT2D eigenvalue weighted by atomic mass is 127. The topological polar surface area (TPSA) is 43.4 Å². The molecule has 0 N–H and O–H groups in total. The van der Waals surface area contributed by atoms with Crippen molar-refractivity contribution in [1.29, 1.82) is 0 Å². The van der Waals surface area contributed by atoms with Crippen molar-refractivity contribution in [2.75, 3.05) is 12.4 Å². The van der Waals surface area contributed by atoms with Crippen LogP contribution < -0.4 is 0 Å². The van der Waals surface area contributed by atoms with Crippen LogP contribution in [-0.2, 0) is 12.6 Å². The van der Waals surface area contributed by atoms with Crippen LogP contribution in [0.4, 0.5) is 4.39 Å². The summed E-state index contributed by atoms with van der Waals surface area (Å²) < 4.78 is 36.6. The number of alkyl halides is 1. The molecule has 0 atom stereocenters. The summed E-state index contributed by atoms with van der Waals surface area (Å²) in [6.45, 7) is -0.475. The lowest BCUT2D eigenvalue weighted by atomic mass is 10.4. The van der Waals surface area contributed by atoms with Crippen LogP contribution in [0.15, 0.2) is 0 Å². The van der Waals surface area contributed by atoms with Gasteiger partial charge in [0.2, 0.25) is 0 Å². The van der Waals surface area contributed by atoms with Crippen molar-refractivity contribution in [1.82, 2.24) is 0 Å². The van der Waals surface area contributed by atoms with Crippen molar-refractivity contribution < 1.29 is 15.3 Å². The lowest BCUT2D eigenvalue weighted by Crippen LogP contribution is -2.04. The quantitative estimate of drug-likeness (QED) is 0.566. The standard InChI is InChI=1S/C4H8FIO3S/c5-3-1-2-4-10(7,8)9-6/h1-4H2. The van der Waals surface area contributed by atoms with Gasteiger partial charge in [-0.25, -0.2) is 0 Å². The summed E-state index contributed by atoms with van der Waals surface area (Å²) in [6, 6.07) is 0. The van der Waals surface area contributed by atoms with E-state index in [9.17, 15) is 12.8 Å². The summed E-state index contributed by atoms with van der Waals surface area (Å²) in [5.74, 6) is -0.0974. The summed E-state index contributed by atoms with van der Waals surface area (Å²) in [5, 5.41) is 0. The van der Waals surface area contributed by atoms with Gasteiger partial charge in [0.1, 0.15) is 23.0 Å². The number of hydrogen-bond donors (Lipinski definition) is 0. The molecule has 0 fully saturated rings. The number of halogens is 2. The third kappa shape index (κ3) is 5.36. The molecule has 0 aromatic rings. The first-order valence-corrected chi connectivity index (χ1v) is 5.17. The minimum atomic E-state index is -3.37. The molecule has 0 rings (SSSR count). The largest absolute Gasteiger partial charge is 0.276 e. The third-order valence-electron chi connectivity index (χ3n) is 0.874. The lowest BCUT2D eigenvalue weighted by molar-refractivity contribution is 0.465. The molecule has 0 heterocycles. The summed E-state index contributed by atoms with van der Waals surface area (Å²) in [7, 11) is -3.37. The zero-order chi connectivity index (χ0) is 8.04. The maximum Gasteiger partial charge on any atom is 0.276 e. The highest BCUT2D eigenvalue weighted by molar-refractivity contribution is 14.1. The van der Waals surface area contributed by atoms with E-state index in [1.807, 2.05) is 0 Å². The van der Waals surface area contributed by atoms with Crippen molar-refractivity contribution in [3.05, 3.63) is 0 Å². The SMILES string of the molecule is O=S(=O)(CCCCF)OI. The molecule has 6 heteroatoms. The van der Waals surface area contributed by atoms with E-state index in [0.717, 1.165) is 0 Å². The van der Waals surface area contributed by atoms with Gasteiger partial charge < -0.3 is 0 Å². The molecule has 0 aliphatic heterocycles. The smallest absolute Gasteiger partial charge is 0.251 e. The fourth-order valence-electron chi connectivity index (χ4n) is 0.405.